The van der Waals surface area contributed by atoms with E-state index in [4.69, 9.17) is 0 Å². The Hall–Kier alpha value is -1.60. The van der Waals surface area contributed by atoms with E-state index in [1.807, 2.05) is 0 Å². The van der Waals surface area contributed by atoms with Gasteiger partial charge in [-0.1, -0.05) is 6.07 Å². The van der Waals surface area contributed by atoms with E-state index < -0.39 is 29.4 Å². The van der Waals surface area contributed by atoms with Crippen LogP contribution in [0.25, 0.3) is 0 Å². The van der Waals surface area contributed by atoms with Gasteiger partial charge in [0.1, 0.15) is 11.6 Å². The Morgan fingerprint density at radius 2 is 1.71 bits per heavy atom. The summed E-state index contributed by atoms with van der Waals surface area (Å²) in [6.45, 7) is -0.160. The fraction of sp³-hybridized carbons (Fsp3) is 0.143. The van der Waals surface area contributed by atoms with Crippen LogP contribution in [0, 0.1) is 23.3 Å². The van der Waals surface area contributed by atoms with Gasteiger partial charge < -0.3 is 10.4 Å². The SMILES string of the molecule is OC(CNc1c(F)cc(F)cc1Br)c1ccc(F)c(F)c1. The molecule has 0 aliphatic rings. The van der Waals surface area contributed by atoms with Crippen molar-refractivity contribution in [1.29, 1.82) is 0 Å². The minimum absolute atomic E-state index is 0.0296. The van der Waals surface area contributed by atoms with E-state index in [0.29, 0.717) is 6.07 Å². The van der Waals surface area contributed by atoms with Crippen molar-refractivity contribution < 1.29 is 22.7 Å². The first-order valence-corrected chi connectivity index (χ1v) is 6.69. The van der Waals surface area contributed by atoms with Gasteiger partial charge in [0.15, 0.2) is 11.6 Å². The van der Waals surface area contributed by atoms with Gasteiger partial charge in [0, 0.05) is 17.1 Å². The molecule has 0 fully saturated rings. The highest BCUT2D eigenvalue weighted by atomic mass is 79.9. The van der Waals surface area contributed by atoms with Crippen molar-refractivity contribution in [2.24, 2.45) is 0 Å². The summed E-state index contributed by atoms with van der Waals surface area (Å²) in [6.07, 6.45) is -1.18. The van der Waals surface area contributed by atoms with Crippen molar-refractivity contribution in [2.75, 3.05) is 11.9 Å². The molecule has 0 spiro atoms. The van der Waals surface area contributed by atoms with Gasteiger partial charge in [-0.25, -0.2) is 17.6 Å². The molecule has 2 rings (SSSR count). The summed E-state index contributed by atoms with van der Waals surface area (Å²) in [5.41, 5.74) is 0.109. The number of nitrogens with one attached hydrogen (secondary N) is 1. The minimum atomic E-state index is -1.18. The smallest absolute Gasteiger partial charge is 0.159 e. The zero-order valence-electron chi connectivity index (χ0n) is 10.5. The fourth-order valence-corrected chi connectivity index (χ4v) is 2.30. The number of aliphatic hydroxyl groups excluding tert-OH is 1. The lowest BCUT2D eigenvalue weighted by atomic mass is 10.1. The van der Waals surface area contributed by atoms with Crippen LogP contribution in [-0.4, -0.2) is 11.7 Å². The van der Waals surface area contributed by atoms with Gasteiger partial charge in [0.05, 0.1) is 11.8 Å². The van der Waals surface area contributed by atoms with Crippen LogP contribution in [-0.2, 0) is 0 Å². The van der Waals surface area contributed by atoms with Crippen molar-refractivity contribution >= 4 is 21.6 Å². The topological polar surface area (TPSA) is 32.3 Å². The molecule has 0 aliphatic carbocycles. The van der Waals surface area contributed by atoms with Gasteiger partial charge >= 0.3 is 0 Å². The molecule has 1 unspecified atom stereocenters. The molecule has 2 aromatic carbocycles. The summed E-state index contributed by atoms with van der Waals surface area (Å²) in [5, 5.41) is 12.5. The van der Waals surface area contributed by atoms with Crippen LogP contribution in [0.5, 0.6) is 0 Å². The van der Waals surface area contributed by atoms with E-state index in [0.717, 1.165) is 18.2 Å². The van der Waals surface area contributed by atoms with Crippen LogP contribution < -0.4 is 5.32 Å². The van der Waals surface area contributed by atoms with Crippen LogP contribution >= 0.6 is 15.9 Å². The van der Waals surface area contributed by atoms with Crippen molar-refractivity contribution in [1.82, 2.24) is 0 Å². The second kappa shape index (κ2) is 6.44. The van der Waals surface area contributed by atoms with Crippen molar-refractivity contribution in [3.05, 3.63) is 63.6 Å². The molecule has 0 saturated carbocycles. The van der Waals surface area contributed by atoms with E-state index in [-0.39, 0.29) is 22.3 Å². The number of benzene rings is 2. The minimum Gasteiger partial charge on any atom is -0.387 e. The average Bonchev–Trinajstić information content (AvgIpc) is 2.40. The summed E-state index contributed by atoms with van der Waals surface area (Å²) in [7, 11) is 0. The van der Waals surface area contributed by atoms with Gasteiger partial charge in [-0.05, 0) is 39.7 Å². The molecule has 0 radical (unpaired) electrons. The highest BCUT2D eigenvalue weighted by Crippen LogP contribution is 2.27. The monoisotopic (exact) mass is 363 g/mol. The third kappa shape index (κ3) is 3.74. The summed E-state index contributed by atoms with van der Waals surface area (Å²) >= 11 is 2.99. The summed E-state index contributed by atoms with van der Waals surface area (Å²) < 4.78 is 52.5. The van der Waals surface area contributed by atoms with E-state index in [1.165, 1.54) is 6.07 Å². The third-order valence-corrected chi connectivity index (χ3v) is 3.43. The predicted octanol–water partition coefficient (Wildman–Crippen LogP) is 4.15. The number of anilines is 1. The fourth-order valence-electron chi connectivity index (χ4n) is 1.75. The number of halogens is 5. The molecule has 21 heavy (non-hydrogen) atoms. The second-order valence-corrected chi connectivity index (χ2v) is 5.17. The zero-order chi connectivity index (χ0) is 15.6. The lowest BCUT2D eigenvalue weighted by molar-refractivity contribution is 0.191. The van der Waals surface area contributed by atoms with Crippen LogP contribution in [0.3, 0.4) is 0 Å². The lowest BCUT2D eigenvalue weighted by Gasteiger charge is -2.15. The molecule has 0 aliphatic heterocycles. The molecule has 0 bridgehead atoms. The average molecular weight is 364 g/mol. The molecule has 2 nitrogen and oxygen atoms in total. The second-order valence-electron chi connectivity index (χ2n) is 4.31. The standard InChI is InChI=1S/C14H10BrF4NO/c15-9-4-8(16)5-12(19)14(9)20-6-13(21)7-1-2-10(17)11(18)3-7/h1-5,13,20-21H,6H2. The Morgan fingerprint density at radius 3 is 2.33 bits per heavy atom. The van der Waals surface area contributed by atoms with Gasteiger partial charge in [-0.3, -0.25) is 0 Å². The van der Waals surface area contributed by atoms with Crippen LogP contribution in [0.2, 0.25) is 0 Å². The summed E-state index contributed by atoms with van der Waals surface area (Å²) in [4.78, 5) is 0. The molecule has 112 valence electrons. The number of aliphatic hydroxyl groups is 1. The van der Waals surface area contributed by atoms with Crippen LogP contribution in [0.15, 0.2) is 34.8 Å². The molecule has 0 aromatic heterocycles. The molecule has 0 saturated heterocycles. The van der Waals surface area contributed by atoms with Crippen molar-refractivity contribution in [3.8, 4) is 0 Å². The molecule has 2 N–H and O–H groups in total. The number of hydrogen-bond acceptors (Lipinski definition) is 2. The third-order valence-electron chi connectivity index (χ3n) is 2.81. The van der Waals surface area contributed by atoms with Gasteiger partial charge in [-0.15, -0.1) is 0 Å². The largest absolute Gasteiger partial charge is 0.387 e. The first-order valence-electron chi connectivity index (χ1n) is 5.90. The van der Waals surface area contributed by atoms with Crippen molar-refractivity contribution in [3.63, 3.8) is 0 Å². The molecule has 0 amide bonds. The Bertz CT molecular complexity index is 642. The maximum absolute atomic E-state index is 13.6. The van der Waals surface area contributed by atoms with Gasteiger partial charge in [0.2, 0.25) is 0 Å². The predicted molar refractivity (Wildman–Crippen MR) is 73.9 cm³/mol. The van der Waals surface area contributed by atoms with E-state index in [2.05, 4.69) is 21.2 Å². The highest BCUT2D eigenvalue weighted by molar-refractivity contribution is 9.10. The highest BCUT2D eigenvalue weighted by Gasteiger charge is 2.14. The van der Waals surface area contributed by atoms with E-state index in [1.54, 1.807) is 0 Å². The zero-order valence-corrected chi connectivity index (χ0v) is 12.1. The maximum Gasteiger partial charge on any atom is 0.159 e. The van der Waals surface area contributed by atoms with E-state index >= 15 is 0 Å². The molecule has 1 atom stereocenters. The normalized spacial score (nSPS) is 12.3. The number of rotatable bonds is 4. The summed E-state index contributed by atoms with van der Waals surface area (Å²) in [5.74, 6) is -3.68. The Balaban J connectivity index is 2.11. The lowest BCUT2D eigenvalue weighted by Crippen LogP contribution is -2.14. The molecular weight excluding hydrogens is 354 g/mol. The van der Waals surface area contributed by atoms with Gasteiger partial charge in [-0.2, -0.15) is 0 Å². The van der Waals surface area contributed by atoms with Crippen LogP contribution in [0.1, 0.15) is 11.7 Å². The van der Waals surface area contributed by atoms with E-state index in [9.17, 15) is 22.7 Å². The molecular formula is C14H10BrF4NO. The van der Waals surface area contributed by atoms with Crippen molar-refractivity contribution in [2.45, 2.75) is 6.10 Å². The van der Waals surface area contributed by atoms with Crippen LogP contribution in [0.4, 0.5) is 23.2 Å². The first kappa shape index (κ1) is 15.8. The Kier molecular flexibility index (Phi) is 4.84. The molecule has 0 heterocycles. The summed E-state index contributed by atoms with van der Waals surface area (Å²) in [6, 6.07) is 4.73. The first-order chi connectivity index (χ1) is 9.88. The maximum atomic E-state index is 13.6. The van der Waals surface area contributed by atoms with Gasteiger partial charge in [0.25, 0.3) is 0 Å². The molecule has 2 aromatic rings. The Morgan fingerprint density at radius 1 is 1.00 bits per heavy atom. The quantitative estimate of drug-likeness (QED) is 0.799. The number of hydrogen-bond donors (Lipinski definition) is 2. The Labute approximate surface area is 126 Å². The molecule has 7 heteroatoms.